The van der Waals surface area contributed by atoms with Crippen molar-refractivity contribution in [3.05, 3.63) is 65.0 Å². The summed E-state index contributed by atoms with van der Waals surface area (Å²) in [6.45, 7) is 0.0984. The number of aromatic nitrogens is 1. The van der Waals surface area contributed by atoms with E-state index in [1.54, 1.807) is 30.3 Å². The normalized spacial score (nSPS) is 22.9. The Morgan fingerprint density at radius 1 is 1.23 bits per heavy atom. The van der Waals surface area contributed by atoms with Crippen LogP contribution in [0.1, 0.15) is 32.0 Å². The number of urea groups is 1. The highest BCUT2D eigenvalue weighted by molar-refractivity contribution is 6.11. The first-order valence-corrected chi connectivity index (χ1v) is 9.40. The number of ether oxygens (including phenoxy) is 2. The maximum Gasteiger partial charge on any atom is 0.363 e. The van der Waals surface area contributed by atoms with E-state index in [0.717, 1.165) is 5.56 Å². The van der Waals surface area contributed by atoms with Gasteiger partial charge in [-0.2, -0.15) is 0 Å². The van der Waals surface area contributed by atoms with Gasteiger partial charge in [0.25, 0.3) is 11.8 Å². The van der Waals surface area contributed by atoms with E-state index in [1.807, 2.05) is 0 Å². The molecule has 10 heteroatoms. The van der Waals surface area contributed by atoms with Crippen LogP contribution in [-0.2, 0) is 16.1 Å². The first-order chi connectivity index (χ1) is 14.9. The van der Waals surface area contributed by atoms with Gasteiger partial charge in [-0.15, -0.1) is 0 Å². The van der Waals surface area contributed by atoms with Crippen LogP contribution in [0.5, 0.6) is 5.75 Å². The quantitative estimate of drug-likeness (QED) is 0.554. The minimum Gasteiger partial charge on any atom is -0.497 e. The van der Waals surface area contributed by atoms with Gasteiger partial charge in [-0.25, -0.2) is 14.6 Å². The fraction of sp³-hybridized carbons (Fsp3) is 0.190. The summed E-state index contributed by atoms with van der Waals surface area (Å²) in [6.07, 6.45) is 2.81. The van der Waals surface area contributed by atoms with Crippen molar-refractivity contribution in [3.8, 4) is 5.75 Å². The van der Waals surface area contributed by atoms with E-state index in [-0.39, 0.29) is 30.4 Å². The SMILES string of the molecule is COc1ccc2c(c1)C(=O)N(C[C@@]1(/C=C3/OC(=O)c4ncccc43)NC(=O)NC1=O)C2. The Morgan fingerprint density at radius 2 is 2.06 bits per heavy atom. The van der Waals surface area contributed by atoms with E-state index in [1.165, 1.54) is 24.3 Å². The summed E-state index contributed by atoms with van der Waals surface area (Å²) < 4.78 is 10.5. The maximum atomic E-state index is 13.0. The van der Waals surface area contributed by atoms with E-state index < -0.39 is 23.4 Å². The van der Waals surface area contributed by atoms with Crippen LogP contribution in [-0.4, -0.2) is 52.9 Å². The molecule has 1 aromatic carbocycles. The van der Waals surface area contributed by atoms with Crippen molar-refractivity contribution in [2.45, 2.75) is 12.1 Å². The highest BCUT2D eigenvalue weighted by atomic mass is 16.5. The van der Waals surface area contributed by atoms with E-state index in [4.69, 9.17) is 9.47 Å². The highest BCUT2D eigenvalue weighted by Crippen LogP contribution is 2.33. The zero-order valence-electron chi connectivity index (χ0n) is 16.3. The summed E-state index contributed by atoms with van der Waals surface area (Å²) in [4.78, 5) is 55.3. The minimum absolute atomic E-state index is 0.0938. The van der Waals surface area contributed by atoms with Gasteiger partial charge in [0.15, 0.2) is 11.2 Å². The van der Waals surface area contributed by atoms with Crippen LogP contribution in [0.4, 0.5) is 4.79 Å². The van der Waals surface area contributed by atoms with Gasteiger partial charge in [0, 0.05) is 18.3 Å². The van der Waals surface area contributed by atoms with Crippen LogP contribution in [0.2, 0.25) is 0 Å². The monoisotopic (exact) mass is 420 g/mol. The number of imide groups is 1. The van der Waals surface area contributed by atoms with E-state index >= 15 is 0 Å². The lowest BCUT2D eigenvalue weighted by atomic mass is 9.96. The Labute approximate surface area is 175 Å². The molecule has 2 aromatic rings. The zero-order chi connectivity index (χ0) is 21.8. The number of carbonyl (C=O) groups is 4. The molecule has 0 aliphatic carbocycles. The zero-order valence-corrected chi connectivity index (χ0v) is 16.3. The summed E-state index contributed by atoms with van der Waals surface area (Å²) in [5, 5.41) is 4.78. The standard InChI is InChI=1S/C21H16N4O6/c1-30-12-5-4-11-9-25(17(26)14(11)7-12)10-21(19(28)23-20(29)24-21)8-15-13-3-2-6-22-16(13)18(27)31-15/h2-8H,9-10H2,1H3,(H2,23,24,28,29)/b15-8+/t21-/m1/s1. The molecular weight excluding hydrogens is 404 g/mol. The molecule has 4 amide bonds. The third-order valence-electron chi connectivity index (χ3n) is 5.45. The molecule has 1 saturated heterocycles. The van der Waals surface area contributed by atoms with Crippen molar-refractivity contribution in [3.63, 3.8) is 0 Å². The number of nitrogens with zero attached hydrogens (tertiary/aromatic N) is 2. The van der Waals surface area contributed by atoms with Crippen molar-refractivity contribution in [1.29, 1.82) is 0 Å². The molecule has 0 spiro atoms. The van der Waals surface area contributed by atoms with E-state index in [2.05, 4.69) is 15.6 Å². The van der Waals surface area contributed by atoms with Crippen molar-refractivity contribution < 1.29 is 28.7 Å². The first kappa shape index (κ1) is 18.8. The number of cyclic esters (lactones) is 1. The third-order valence-corrected chi connectivity index (χ3v) is 5.45. The average Bonchev–Trinajstić information content (AvgIpc) is 3.34. The molecule has 2 N–H and O–H groups in total. The van der Waals surface area contributed by atoms with Crippen molar-refractivity contribution >= 4 is 29.6 Å². The van der Waals surface area contributed by atoms with Gasteiger partial charge in [0.1, 0.15) is 11.5 Å². The summed E-state index contributed by atoms with van der Waals surface area (Å²) in [6, 6.07) is 7.72. The molecule has 1 atom stereocenters. The van der Waals surface area contributed by atoms with Gasteiger partial charge in [0.05, 0.1) is 19.2 Å². The lowest BCUT2D eigenvalue weighted by Gasteiger charge is -2.28. The highest BCUT2D eigenvalue weighted by Gasteiger charge is 2.49. The summed E-state index contributed by atoms with van der Waals surface area (Å²) in [5.41, 5.74) is 0.146. The van der Waals surface area contributed by atoms with Crippen LogP contribution < -0.4 is 15.4 Å². The average molecular weight is 420 g/mol. The molecule has 1 fully saturated rings. The molecule has 4 heterocycles. The van der Waals surface area contributed by atoms with Crippen molar-refractivity contribution in [1.82, 2.24) is 20.5 Å². The Morgan fingerprint density at radius 3 is 2.81 bits per heavy atom. The molecule has 0 unspecified atom stereocenters. The summed E-state index contributed by atoms with van der Waals surface area (Å²) in [5.74, 6) is -0.972. The van der Waals surface area contributed by atoms with Crippen LogP contribution in [0.3, 0.4) is 0 Å². The smallest absolute Gasteiger partial charge is 0.363 e. The Kier molecular flexibility index (Phi) is 4.04. The first-order valence-electron chi connectivity index (χ1n) is 9.40. The van der Waals surface area contributed by atoms with E-state index in [0.29, 0.717) is 16.9 Å². The van der Waals surface area contributed by atoms with Crippen LogP contribution in [0.15, 0.2) is 42.6 Å². The fourth-order valence-electron chi connectivity index (χ4n) is 3.96. The second kappa shape index (κ2) is 6.66. The molecule has 5 rings (SSSR count). The number of esters is 1. The largest absolute Gasteiger partial charge is 0.497 e. The van der Waals surface area contributed by atoms with Gasteiger partial charge in [-0.05, 0) is 35.9 Å². The number of hydrogen-bond acceptors (Lipinski definition) is 7. The summed E-state index contributed by atoms with van der Waals surface area (Å²) in [7, 11) is 1.51. The van der Waals surface area contributed by atoms with Gasteiger partial charge in [0.2, 0.25) is 0 Å². The predicted molar refractivity (Wildman–Crippen MR) is 105 cm³/mol. The number of amides is 4. The maximum absolute atomic E-state index is 13.0. The third kappa shape index (κ3) is 2.91. The lowest BCUT2D eigenvalue weighted by Crippen LogP contribution is -2.54. The van der Waals surface area contributed by atoms with Crippen LogP contribution >= 0.6 is 0 Å². The number of rotatable bonds is 4. The fourth-order valence-corrected chi connectivity index (χ4v) is 3.96. The van der Waals surface area contributed by atoms with Gasteiger partial charge in [-0.1, -0.05) is 6.07 Å². The van der Waals surface area contributed by atoms with Gasteiger partial charge < -0.3 is 19.7 Å². The molecule has 0 bridgehead atoms. The van der Waals surface area contributed by atoms with Crippen molar-refractivity contribution in [2.24, 2.45) is 0 Å². The van der Waals surface area contributed by atoms with Gasteiger partial charge >= 0.3 is 12.0 Å². The number of hydrogen-bond donors (Lipinski definition) is 2. The van der Waals surface area contributed by atoms with Crippen molar-refractivity contribution in [2.75, 3.05) is 13.7 Å². The Balaban J connectivity index is 1.52. The number of pyridine rings is 1. The molecule has 1 aromatic heterocycles. The summed E-state index contributed by atoms with van der Waals surface area (Å²) >= 11 is 0. The second-order valence-corrected chi connectivity index (χ2v) is 7.36. The number of carbonyl (C=O) groups excluding carboxylic acids is 4. The molecule has 3 aliphatic heterocycles. The van der Waals surface area contributed by atoms with Crippen LogP contribution in [0.25, 0.3) is 5.76 Å². The van der Waals surface area contributed by atoms with E-state index in [9.17, 15) is 19.2 Å². The lowest BCUT2D eigenvalue weighted by molar-refractivity contribution is -0.122. The molecule has 3 aliphatic rings. The minimum atomic E-state index is -1.62. The molecule has 0 radical (unpaired) electrons. The second-order valence-electron chi connectivity index (χ2n) is 7.36. The predicted octanol–water partition coefficient (Wildman–Crippen LogP) is 0.836. The van der Waals surface area contributed by atoms with Crippen LogP contribution in [0, 0.1) is 0 Å². The molecular formula is C21H16N4O6. The Hall–Kier alpha value is -4.21. The number of benzene rings is 1. The molecule has 156 valence electrons. The molecule has 10 nitrogen and oxygen atoms in total. The number of methoxy groups -OCH3 is 1. The number of nitrogens with one attached hydrogen (secondary N) is 2. The topological polar surface area (TPSA) is 127 Å². The Bertz CT molecular complexity index is 1210. The molecule has 31 heavy (non-hydrogen) atoms. The number of fused-ring (bicyclic) bond motifs is 2. The van der Waals surface area contributed by atoms with Gasteiger partial charge in [-0.3, -0.25) is 14.9 Å². The molecule has 0 saturated carbocycles.